The summed E-state index contributed by atoms with van der Waals surface area (Å²) < 4.78 is 5.40. The van der Waals surface area contributed by atoms with Crippen molar-refractivity contribution in [2.75, 3.05) is 31.1 Å². The summed E-state index contributed by atoms with van der Waals surface area (Å²) in [4.78, 5) is 18.4. The number of anilines is 1. The molecule has 2 saturated heterocycles. The van der Waals surface area contributed by atoms with E-state index in [4.69, 9.17) is 4.74 Å². The zero-order chi connectivity index (χ0) is 14.5. The lowest BCUT2D eigenvalue weighted by atomic mass is 9.96. The molecule has 1 aromatic heterocycles. The monoisotopic (exact) mass is 289 g/mol. The van der Waals surface area contributed by atoms with Crippen molar-refractivity contribution in [3.8, 4) is 0 Å². The SMILES string of the molecule is O=C(NCC1CCN(c2ccncc2)CC1)C1CCCO1. The third-order valence-corrected chi connectivity index (χ3v) is 4.43. The Morgan fingerprint density at radius 1 is 1.29 bits per heavy atom. The molecule has 5 heteroatoms. The van der Waals surface area contributed by atoms with E-state index < -0.39 is 0 Å². The van der Waals surface area contributed by atoms with E-state index in [-0.39, 0.29) is 12.0 Å². The average Bonchev–Trinajstić information content (AvgIpc) is 3.08. The molecule has 2 aliphatic rings. The summed E-state index contributed by atoms with van der Waals surface area (Å²) in [5.41, 5.74) is 1.24. The number of nitrogens with one attached hydrogen (secondary N) is 1. The van der Waals surface area contributed by atoms with Crippen molar-refractivity contribution >= 4 is 11.6 Å². The molecule has 2 aliphatic heterocycles. The Hall–Kier alpha value is -1.62. The molecule has 0 bridgehead atoms. The first-order chi connectivity index (χ1) is 10.3. The Kier molecular flexibility index (Phi) is 4.70. The molecule has 0 saturated carbocycles. The predicted octanol–water partition coefficient (Wildman–Crippen LogP) is 1.59. The fourth-order valence-corrected chi connectivity index (χ4v) is 3.09. The summed E-state index contributed by atoms with van der Waals surface area (Å²) in [6, 6.07) is 4.11. The van der Waals surface area contributed by atoms with Crippen LogP contribution in [0, 0.1) is 5.92 Å². The highest BCUT2D eigenvalue weighted by Gasteiger charge is 2.25. The van der Waals surface area contributed by atoms with Gasteiger partial charge >= 0.3 is 0 Å². The van der Waals surface area contributed by atoms with E-state index in [1.165, 1.54) is 5.69 Å². The second kappa shape index (κ2) is 6.89. The van der Waals surface area contributed by atoms with Gasteiger partial charge in [0.25, 0.3) is 0 Å². The molecule has 1 atom stereocenters. The van der Waals surface area contributed by atoms with Gasteiger partial charge in [0.05, 0.1) is 0 Å². The normalized spacial score (nSPS) is 23.2. The summed E-state index contributed by atoms with van der Waals surface area (Å²) in [7, 11) is 0. The Morgan fingerprint density at radius 3 is 2.71 bits per heavy atom. The van der Waals surface area contributed by atoms with Gasteiger partial charge in [-0.15, -0.1) is 0 Å². The lowest BCUT2D eigenvalue weighted by molar-refractivity contribution is -0.130. The van der Waals surface area contributed by atoms with Gasteiger partial charge in [0.15, 0.2) is 0 Å². The van der Waals surface area contributed by atoms with Crippen molar-refractivity contribution in [1.29, 1.82) is 0 Å². The third-order valence-electron chi connectivity index (χ3n) is 4.43. The topological polar surface area (TPSA) is 54.5 Å². The summed E-state index contributed by atoms with van der Waals surface area (Å²) in [6.45, 7) is 3.60. The number of hydrogen-bond acceptors (Lipinski definition) is 4. The molecule has 2 fully saturated rings. The molecule has 0 aliphatic carbocycles. The quantitative estimate of drug-likeness (QED) is 0.914. The van der Waals surface area contributed by atoms with Gasteiger partial charge in [0, 0.05) is 44.3 Å². The van der Waals surface area contributed by atoms with Crippen LogP contribution in [-0.2, 0) is 9.53 Å². The number of hydrogen-bond donors (Lipinski definition) is 1. The molecule has 0 aromatic carbocycles. The van der Waals surface area contributed by atoms with E-state index in [1.807, 2.05) is 12.4 Å². The number of ether oxygens (including phenoxy) is 1. The number of amides is 1. The smallest absolute Gasteiger partial charge is 0.249 e. The molecule has 3 heterocycles. The Morgan fingerprint density at radius 2 is 2.05 bits per heavy atom. The standard InChI is InChI=1S/C16H23N3O2/c20-16(15-2-1-11-21-15)18-12-13-5-9-19(10-6-13)14-3-7-17-8-4-14/h3-4,7-8,13,15H,1-2,5-6,9-12H2,(H,18,20). The Balaban J connectivity index is 1.40. The summed E-state index contributed by atoms with van der Waals surface area (Å²) in [6.07, 6.45) is 7.57. The maximum atomic E-state index is 11.9. The maximum Gasteiger partial charge on any atom is 0.249 e. The van der Waals surface area contributed by atoms with Crippen LogP contribution in [0.1, 0.15) is 25.7 Å². The lowest BCUT2D eigenvalue weighted by Gasteiger charge is -2.33. The van der Waals surface area contributed by atoms with Gasteiger partial charge < -0.3 is 15.0 Å². The minimum absolute atomic E-state index is 0.0732. The van der Waals surface area contributed by atoms with Gasteiger partial charge in [0.2, 0.25) is 5.91 Å². The van der Waals surface area contributed by atoms with Crippen LogP contribution in [0.25, 0.3) is 0 Å². The summed E-state index contributed by atoms with van der Waals surface area (Å²) in [5.74, 6) is 0.650. The van der Waals surface area contributed by atoms with Crippen molar-refractivity contribution < 1.29 is 9.53 Å². The molecular weight excluding hydrogens is 266 g/mol. The Labute approximate surface area is 125 Å². The summed E-state index contributed by atoms with van der Waals surface area (Å²) >= 11 is 0. The number of rotatable bonds is 4. The number of nitrogens with zero attached hydrogens (tertiary/aromatic N) is 2. The zero-order valence-corrected chi connectivity index (χ0v) is 12.3. The molecule has 1 aromatic rings. The summed E-state index contributed by atoms with van der Waals surface area (Å²) in [5, 5.41) is 3.06. The van der Waals surface area contributed by atoms with Crippen LogP contribution >= 0.6 is 0 Å². The van der Waals surface area contributed by atoms with Gasteiger partial charge in [-0.25, -0.2) is 0 Å². The first-order valence-electron chi connectivity index (χ1n) is 7.87. The highest BCUT2D eigenvalue weighted by Crippen LogP contribution is 2.22. The molecule has 21 heavy (non-hydrogen) atoms. The van der Waals surface area contributed by atoms with E-state index in [9.17, 15) is 4.79 Å². The average molecular weight is 289 g/mol. The van der Waals surface area contributed by atoms with Gasteiger partial charge in [-0.05, 0) is 43.7 Å². The third kappa shape index (κ3) is 3.73. The minimum atomic E-state index is -0.207. The van der Waals surface area contributed by atoms with Crippen LogP contribution in [0.15, 0.2) is 24.5 Å². The van der Waals surface area contributed by atoms with Crippen molar-refractivity contribution in [2.45, 2.75) is 31.8 Å². The predicted molar refractivity (Wildman–Crippen MR) is 81.2 cm³/mol. The van der Waals surface area contributed by atoms with E-state index in [0.717, 1.165) is 51.9 Å². The fourth-order valence-electron chi connectivity index (χ4n) is 3.09. The second-order valence-corrected chi connectivity index (χ2v) is 5.88. The first kappa shape index (κ1) is 14.3. The van der Waals surface area contributed by atoms with Gasteiger partial charge in [0.1, 0.15) is 6.10 Å². The molecule has 1 N–H and O–H groups in total. The highest BCUT2D eigenvalue weighted by molar-refractivity contribution is 5.80. The van der Waals surface area contributed by atoms with E-state index >= 15 is 0 Å². The van der Waals surface area contributed by atoms with Crippen molar-refractivity contribution in [2.24, 2.45) is 5.92 Å². The van der Waals surface area contributed by atoms with Crippen molar-refractivity contribution in [1.82, 2.24) is 10.3 Å². The van der Waals surface area contributed by atoms with Crippen LogP contribution in [0.2, 0.25) is 0 Å². The van der Waals surface area contributed by atoms with Crippen LogP contribution in [-0.4, -0.2) is 43.2 Å². The van der Waals surface area contributed by atoms with Crippen LogP contribution in [0.3, 0.4) is 0 Å². The fraction of sp³-hybridized carbons (Fsp3) is 0.625. The number of carbonyl (C=O) groups is 1. The first-order valence-corrected chi connectivity index (χ1v) is 7.87. The largest absolute Gasteiger partial charge is 0.371 e. The maximum absolute atomic E-state index is 11.9. The number of piperidine rings is 1. The van der Waals surface area contributed by atoms with Crippen molar-refractivity contribution in [3.63, 3.8) is 0 Å². The van der Waals surface area contributed by atoms with Crippen LogP contribution < -0.4 is 10.2 Å². The molecule has 5 nitrogen and oxygen atoms in total. The number of pyridine rings is 1. The molecule has 0 spiro atoms. The number of carbonyl (C=O) groups excluding carboxylic acids is 1. The Bertz CT molecular complexity index is 452. The molecule has 114 valence electrons. The molecule has 1 amide bonds. The van der Waals surface area contributed by atoms with E-state index in [1.54, 1.807) is 0 Å². The molecule has 3 rings (SSSR count). The van der Waals surface area contributed by atoms with Gasteiger partial charge in [-0.2, -0.15) is 0 Å². The van der Waals surface area contributed by atoms with Gasteiger partial charge in [-0.3, -0.25) is 9.78 Å². The minimum Gasteiger partial charge on any atom is -0.371 e. The second-order valence-electron chi connectivity index (χ2n) is 5.88. The molecular formula is C16H23N3O2. The van der Waals surface area contributed by atoms with E-state index in [2.05, 4.69) is 27.3 Å². The highest BCUT2D eigenvalue weighted by atomic mass is 16.5. The molecule has 0 radical (unpaired) electrons. The van der Waals surface area contributed by atoms with Crippen molar-refractivity contribution in [3.05, 3.63) is 24.5 Å². The zero-order valence-electron chi connectivity index (χ0n) is 12.3. The van der Waals surface area contributed by atoms with Gasteiger partial charge in [-0.1, -0.05) is 0 Å². The number of aromatic nitrogens is 1. The van der Waals surface area contributed by atoms with Crippen LogP contribution in [0.5, 0.6) is 0 Å². The lowest BCUT2D eigenvalue weighted by Crippen LogP contribution is -2.41. The van der Waals surface area contributed by atoms with Crippen LogP contribution in [0.4, 0.5) is 5.69 Å². The molecule has 1 unspecified atom stereocenters. The van der Waals surface area contributed by atoms with E-state index in [0.29, 0.717) is 5.92 Å².